The fourth-order valence-electron chi connectivity index (χ4n) is 3.17. The second-order valence-electron chi connectivity index (χ2n) is 6.74. The molecule has 152 valence electrons. The van der Waals surface area contributed by atoms with E-state index in [1.807, 2.05) is 41.3 Å². The minimum Gasteiger partial charge on any atom is -0.352 e. The van der Waals surface area contributed by atoms with Crippen LogP contribution in [-0.2, 0) is 13.5 Å². The molecule has 0 bridgehead atoms. The Hall–Kier alpha value is -3.52. The van der Waals surface area contributed by atoms with Gasteiger partial charge in [0.05, 0.1) is 15.9 Å². The Morgan fingerprint density at radius 3 is 2.73 bits per heavy atom. The topological polar surface area (TPSA) is 76.0 Å². The maximum atomic E-state index is 13.3. The number of aromatic nitrogens is 2. The molecule has 2 heterocycles. The fraction of sp³-hybridized carbons (Fsp3) is 0.136. The maximum Gasteiger partial charge on any atom is 0.265 e. The molecule has 0 saturated carbocycles. The van der Waals surface area contributed by atoms with Crippen LogP contribution in [0, 0.1) is 5.82 Å². The Morgan fingerprint density at radius 2 is 1.97 bits per heavy atom. The minimum absolute atomic E-state index is 0.152. The smallest absolute Gasteiger partial charge is 0.265 e. The Morgan fingerprint density at radius 1 is 1.10 bits per heavy atom. The molecule has 0 aliphatic carbocycles. The van der Waals surface area contributed by atoms with Crippen molar-refractivity contribution in [2.45, 2.75) is 6.42 Å². The van der Waals surface area contributed by atoms with Gasteiger partial charge in [-0.05, 0) is 47.8 Å². The monoisotopic (exact) mass is 422 g/mol. The molecular weight excluding hydrogens is 403 g/mol. The number of nitrogens with one attached hydrogen (secondary N) is 2. The highest BCUT2D eigenvalue weighted by molar-refractivity contribution is 7.12. The molecular formula is C22H19FN4O2S. The molecule has 4 aromatic rings. The third-order valence-corrected chi connectivity index (χ3v) is 5.57. The number of fused-ring (bicyclic) bond motifs is 1. The van der Waals surface area contributed by atoms with Crippen LogP contribution in [0.1, 0.15) is 25.9 Å². The summed E-state index contributed by atoms with van der Waals surface area (Å²) in [5, 5.41) is 7.52. The Labute approximate surface area is 176 Å². The summed E-state index contributed by atoms with van der Waals surface area (Å²) < 4.78 is 15.2. The third-order valence-electron chi connectivity index (χ3n) is 4.70. The molecule has 0 aliphatic heterocycles. The van der Waals surface area contributed by atoms with E-state index < -0.39 is 5.82 Å². The molecule has 6 nitrogen and oxygen atoms in total. The third kappa shape index (κ3) is 4.23. The number of halogens is 1. The number of hydrogen-bond acceptors (Lipinski definition) is 4. The second-order valence-corrected chi connectivity index (χ2v) is 7.69. The summed E-state index contributed by atoms with van der Waals surface area (Å²) in [5.41, 5.74) is 2.64. The maximum absolute atomic E-state index is 13.3. The zero-order chi connectivity index (χ0) is 21.1. The van der Waals surface area contributed by atoms with E-state index in [9.17, 15) is 14.0 Å². The van der Waals surface area contributed by atoms with Crippen LogP contribution in [0.2, 0.25) is 0 Å². The molecule has 8 heteroatoms. The highest BCUT2D eigenvalue weighted by Gasteiger charge is 2.12. The van der Waals surface area contributed by atoms with Crippen LogP contribution in [-0.4, -0.2) is 27.9 Å². The van der Waals surface area contributed by atoms with Gasteiger partial charge in [0, 0.05) is 31.3 Å². The standard InChI is InChI=1S/C22H19FN4O2S/c1-27-18-8-7-16(25-22(29)19-6-3-11-30-19)13-17(18)26-20(27)9-10-24-21(28)14-4-2-5-15(23)12-14/h2-8,11-13H,9-10H2,1H3,(H,24,28)(H,25,29). The summed E-state index contributed by atoms with van der Waals surface area (Å²) in [5.74, 6) is -0.126. The lowest BCUT2D eigenvalue weighted by Gasteiger charge is -2.06. The number of imidazole rings is 1. The first-order valence-electron chi connectivity index (χ1n) is 9.35. The van der Waals surface area contributed by atoms with Gasteiger partial charge in [0.1, 0.15) is 11.6 Å². The van der Waals surface area contributed by atoms with Gasteiger partial charge < -0.3 is 15.2 Å². The molecule has 0 unspecified atom stereocenters. The van der Waals surface area contributed by atoms with Gasteiger partial charge in [0.2, 0.25) is 0 Å². The first kappa shape index (κ1) is 19.8. The van der Waals surface area contributed by atoms with Crippen LogP contribution >= 0.6 is 11.3 Å². The number of amides is 2. The summed E-state index contributed by atoms with van der Waals surface area (Å²) in [6.45, 7) is 0.370. The van der Waals surface area contributed by atoms with Crippen molar-refractivity contribution in [1.82, 2.24) is 14.9 Å². The summed E-state index contributed by atoms with van der Waals surface area (Å²) in [4.78, 5) is 29.7. The van der Waals surface area contributed by atoms with Crippen molar-refractivity contribution in [3.8, 4) is 0 Å². The molecule has 2 amide bonds. The number of hydrogen-bond donors (Lipinski definition) is 2. The summed E-state index contributed by atoms with van der Waals surface area (Å²) in [7, 11) is 1.91. The largest absolute Gasteiger partial charge is 0.352 e. The predicted molar refractivity (Wildman–Crippen MR) is 115 cm³/mol. The van der Waals surface area contributed by atoms with E-state index in [1.165, 1.54) is 29.5 Å². The summed E-state index contributed by atoms with van der Waals surface area (Å²) >= 11 is 1.38. The van der Waals surface area contributed by atoms with Crippen molar-refractivity contribution in [3.63, 3.8) is 0 Å². The Kier molecular flexibility index (Phi) is 5.58. The van der Waals surface area contributed by atoms with Gasteiger partial charge in [-0.15, -0.1) is 11.3 Å². The molecule has 4 rings (SSSR count). The molecule has 0 saturated heterocycles. The van der Waals surface area contributed by atoms with Crippen molar-refractivity contribution < 1.29 is 14.0 Å². The first-order chi connectivity index (χ1) is 14.5. The van der Waals surface area contributed by atoms with Gasteiger partial charge in [-0.25, -0.2) is 9.37 Å². The van der Waals surface area contributed by atoms with Crippen molar-refractivity contribution in [2.75, 3.05) is 11.9 Å². The molecule has 0 spiro atoms. The summed E-state index contributed by atoms with van der Waals surface area (Å²) in [6, 6.07) is 14.8. The number of carbonyl (C=O) groups is 2. The molecule has 2 N–H and O–H groups in total. The molecule has 30 heavy (non-hydrogen) atoms. The van der Waals surface area contributed by atoms with Gasteiger partial charge >= 0.3 is 0 Å². The Balaban J connectivity index is 1.42. The minimum atomic E-state index is -0.444. The van der Waals surface area contributed by atoms with Crippen LogP contribution in [0.15, 0.2) is 60.0 Å². The van der Waals surface area contributed by atoms with Gasteiger partial charge in [0.25, 0.3) is 11.8 Å². The molecule has 2 aromatic heterocycles. The highest BCUT2D eigenvalue weighted by Crippen LogP contribution is 2.21. The van der Waals surface area contributed by atoms with Gasteiger partial charge in [-0.2, -0.15) is 0 Å². The van der Waals surface area contributed by atoms with E-state index in [4.69, 9.17) is 0 Å². The van der Waals surface area contributed by atoms with E-state index >= 15 is 0 Å². The lowest BCUT2D eigenvalue weighted by atomic mass is 10.2. The lowest BCUT2D eigenvalue weighted by Crippen LogP contribution is -2.26. The molecule has 0 atom stereocenters. The highest BCUT2D eigenvalue weighted by atomic mass is 32.1. The van der Waals surface area contributed by atoms with Gasteiger partial charge in [0.15, 0.2) is 0 Å². The molecule has 0 aliphatic rings. The number of aryl methyl sites for hydroxylation is 1. The molecule has 2 aromatic carbocycles. The quantitative estimate of drug-likeness (QED) is 0.493. The van der Waals surface area contributed by atoms with E-state index in [-0.39, 0.29) is 17.4 Å². The van der Waals surface area contributed by atoms with Crippen LogP contribution in [0.4, 0.5) is 10.1 Å². The SMILES string of the molecule is Cn1c(CCNC(=O)c2cccc(F)c2)nc2cc(NC(=O)c3cccs3)ccc21. The average molecular weight is 422 g/mol. The van der Waals surface area contributed by atoms with Crippen LogP contribution < -0.4 is 10.6 Å². The van der Waals surface area contributed by atoms with Gasteiger partial charge in [-0.1, -0.05) is 12.1 Å². The number of anilines is 1. The van der Waals surface area contributed by atoms with Crippen molar-refractivity contribution in [3.05, 3.63) is 82.1 Å². The summed E-state index contributed by atoms with van der Waals surface area (Å²) in [6.07, 6.45) is 0.517. The zero-order valence-corrected chi connectivity index (χ0v) is 17.0. The van der Waals surface area contributed by atoms with Crippen LogP contribution in [0.5, 0.6) is 0 Å². The first-order valence-corrected chi connectivity index (χ1v) is 10.2. The molecule has 0 fully saturated rings. The zero-order valence-electron chi connectivity index (χ0n) is 16.2. The second kappa shape index (κ2) is 8.46. The van der Waals surface area contributed by atoms with Crippen molar-refractivity contribution in [1.29, 1.82) is 0 Å². The Bertz CT molecular complexity index is 1220. The number of carbonyl (C=O) groups excluding carboxylic acids is 2. The van der Waals surface area contributed by atoms with Crippen molar-refractivity contribution >= 4 is 39.9 Å². The predicted octanol–water partition coefficient (Wildman–Crippen LogP) is 4.00. The van der Waals surface area contributed by atoms with E-state index in [2.05, 4.69) is 15.6 Å². The number of nitrogens with zero attached hydrogens (tertiary/aromatic N) is 2. The van der Waals surface area contributed by atoms with Crippen LogP contribution in [0.25, 0.3) is 11.0 Å². The van der Waals surface area contributed by atoms with Gasteiger partial charge in [-0.3, -0.25) is 9.59 Å². The van der Waals surface area contributed by atoms with E-state index in [0.717, 1.165) is 16.9 Å². The number of thiophene rings is 1. The normalized spacial score (nSPS) is 10.9. The fourth-order valence-corrected chi connectivity index (χ4v) is 3.79. The van der Waals surface area contributed by atoms with Crippen molar-refractivity contribution in [2.24, 2.45) is 7.05 Å². The van der Waals surface area contributed by atoms with Crippen LogP contribution in [0.3, 0.4) is 0 Å². The lowest BCUT2D eigenvalue weighted by molar-refractivity contribution is 0.0952. The number of rotatable bonds is 6. The number of benzene rings is 2. The van der Waals surface area contributed by atoms with E-state index in [0.29, 0.717) is 23.5 Å². The average Bonchev–Trinajstić information content (AvgIpc) is 3.37. The van der Waals surface area contributed by atoms with E-state index in [1.54, 1.807) is 12.1 Å². The molecule has 0 radical (unpaired) electrons.